The smallest absolute Gasteiger partial charge is 0.327 e. The van der Waals surface area contributed by atoms with Gasteiger partial charge in [0.2, 0.25) is 0 Å². The third-order valence-electron chi connectivity index (χ3n) is 3.21. The van der Waals surface area contributed by atoms with Crippen molar-refractivity contribution in [2.24, 2.45) is 0 Å². The van der Waals surface area contributed by atoms with E-state index in [-0.39, 0.29) is 5.82 Å². The number of nitrogens with zero attached hydrogens (tertiary/aromatic N) is 1. The van der Waals surface area contributed by atoms with E-state index in [2.05, 4.69) is 15.8 Å². The average Bonchev–Trinajstić information content (AvgIpc) is 3.04. The lowest BCUT2D eigenvalue weighted by atomic mass is 10.2. The number of imide groups is 1. The van der Waals surface area contributed by atoms with Gasteiger partial charge < -0.3 is 10.3 Å². The zero-order valence-electron chi connectivity index (χ0n) is 12.5. The number of urea groups is 1. The summed E-state index contributed by atoms with van der Waals surface area (Å²) < 4.78 is 5.16. The Morgan fingerprint density at radius 2 is 1.71 bits per heavy atom. The second kappa shape index (κ2) is 6.66. The summed E-state index contributed by atoms with van der Waals surface area (Å²) in [5.41, 5.74) is 7.24. The molecule has 3 aromatic rings. The molecule has 3 rings (SSSR count). The fourth-order valence-corrected chi connectivity index (χ4v) is 2.03. The largest absolute Gasteiger partial charge is 0.399 e. The molecular formula is C17H14N4O3. The molecule has 0 bridgehead atoms. The average molecular weight is 322 g/mol. The number of benzene rings is 2. The minimum absolute atomic E-state index is 0.205. The molecular weight excluding hydrogens is 308 g/mol. The molecule has 24 heavy (non-hydrogen) atoms. The number of hydrogen-bond acceptors (Lipinski definition) is 5. The van der Waals surface area contributed by atoms with Crippen molar-refractivity contribution in [3.05, 3.63) is 66.2 Å². The summed E-state index contributed by atoms with van der Waals surface area (Å²) in [5, 5.41) is 8.39. The van der Waals surface area contributed by atoms with Crippen LogP contribution >= 0.6 is 0 Å². The highest BCUT2D eigenvalue weighted by atomic mass is 16.5. The maximum atomic E-state index is 11.9. The number of carbonyl (C=O) groups excluding carboxylic acids is 2. The molecule has 0 spiro atoms. The number of nitrogens with two attached hydrogens (primary N) is 1. The number of hydrogen-bond donors (Lipinski definition) is 3. The topological polar surface area (TPSA) is 110 Å². The number of amides is 3. The van der Waals surface area contributed by atoms with Crippen LogP contribution in [0.4, 0.5) is 16.3 Å². The van der Waals surface area contributed by atoms with Gasteiger partial charge in [0.25, 0.3) is 5.91 Å². The third-order valence-corrected chi connectivity index (χ3v) is 3.21. The zero-order chi connectivity index (χ0) is 16.9. The molecule has 3 amide bonds. The van der Waals surface area contributed by atoms with E-state index in [0.29, 0.717) is 17.0 Å². The molecule has 1 heterocycles. The van der Waals surface area contributed by atoms with Crippen molar-refractivity contribution in [2.75, 3.05) is 11.1 Å². The lowest BCUT2D eigenvalue weighted by Crippen LogP contribution is -2.34. The molecule has 0 aliphatic heterocycles. The summed E-state index contributed by atoms with van der Waals surface area (Å²) in [4.78, 5) is 23.8. The molecule has 7 heteroatoms. The van der Waals surface area contributed by atoms with Crippen LogP contribution in [-0.4, -0.2) is 17.1 Å². The molecule has 0 atom stereocenters. The molecule has 0 saturated carbocycles. The predicted molar refractivity (Wildman–Crippen MR) is 89.3 cm³/mol. The molecule has 0 aliphatic rings. The van der Waals surface area contributed by atoms with Gasteiger partial charge in [-0.3, -0.25) is 15.4 Å². The van der Waals surface area contributed by atoms with Crippen LogP contribution in [-0.2, 0) is 0 Å². The molecule has 0 fully saturated rings. The van der Waals surface area contributed by atoms with Gasteiger partial charge >= 0.3 is 6.03 Å². The molecule has 7 nitrogen and oxygen atoms in total. The fraction of sp³-hybridized carbons (Fsp3) is 0. The first-order valence-corrected chi connectivity index (χ1v) is 7.12. The summed E-state index contributed by atoms with van der Waals surface area (Å²) in [6.07, 6.45) is 0. The van der Waals surface area contributed by atoms with Crippen molar-refractivity contribution >= 4 is 23.4 Å². The van der Waals surface area contributed by atoms with Crippen LogP contribution in [0.5, 0.6) is 0 Å². The van der Waals surface area contributed by atoms with Crippen molar-refractivity contribution in [3.8, 4) is 11.3 Å². The quantitative estimate of drug-likeness (QED) is 0.642. The molecule has 1 aromatic heterocycles. The Hall–Kier alpha value is -3.61. The van der Waals surface area contributed by atoms with Gasteiger partial charge in [0.05, 0.1) is 0 Å². The van der Waals surface area contributed by atoms with Crippen LogP contribution in [0.15, 0.2) is 65.2 Å². The van der Waals surface area contributed by atoms with E-state index in [4.69, 9.17) is 10.3 Å². The number of anilines is 2. The number of nitrogens with one attached hydrogen (secondary N) is 2. The maximum Gasteiger partial charge on any atom is 0.327 e. The van der Waals surface area contributed by atoms with Crippen LogP contribution in [0.3, 0.4) is 0 Å². The first kappa shape index (κ1) is 15.3. The molecule has 2 aromatic carbocycles. The van der Waals surface area contributed by atoms with Gasteiger partial charge in [-0.1, -0.05) is 35.5 Å². The minimum atomic E-state index is -0.704. The van der Waals surface area contributed by atoms with Gasteiger partial charge in [-0.05, 0) is 24.3 Å². The second-order valence-corrected chi connectivity index (χ2v) is 4.97. The highest BCUT2D eigenvalue weighted by Crippen LogP contribution is 2.21. The summed E-state index contributed by atoms with van der Waals surface area (Å²) in [6.45, 7) is 0. The minimum Gasteiger partial charge on any atom is -0.399 e. The molecule has 0 radical (unpaired) electrons. The molecule has 0 saturated heterocycles. The fourth-order valence-electron chi connectivity index (χ4n) is 2.03. The van der Waals surface area contributed by atoms with Gasteiger partial charge in [-0.15, -0.1) is 0 Å². The van der Waals surface area contributed by atoms with E-state index in [9.17, 15) is 9.59 Å². The van der Waals surface area contributed by atoms with Crippen LogP contribution < -0.4 is 16.4 Å². The zero-order valence-corrected chi connectivity index (χ0v) is 12.5. The summed E-state index contributed by atoms with van der Waals surface area (Å²) >= 11 is 0. The van der Waals surface area contributed by atoms with Crippen LogP contribution in [0.25, 0.3) is 11.3 Å². The van der Waals surface area contributed by atoms with Crippen LogP contribution in [0.2, 0.25) is 0 Å². The van der Waals surface area contributed by atoms with Gasteiger partial charge in [-0.25, -0.2) is 4.79 Å². The maximum absolute atomic E-state index is 11.9. The Balaban J connectivity index is 1.62. The van der Waals surface area contributed by atoms with Gasteiger partial charge in [0, 0.05) is 22.9 Å². The van der Waals surface area contributed by atoms with Gasteiger partial charge in [-0.2, -0.15) is 0 Å². The van der Waals surface area contributed by atoms with Crippen LogP contribution in [0, 0.1) is 0 Å². The summed E-state index contributed by atoms with van der Waals surface area (Å²) in [6, 6.07) is 16.4. The Morgan fingerprint density at radius 3 is 2.42 bits per heavy atom. The third kappa shape index (κ3) is 3.58. The normalized spacial score (nSPS) is 10.2. The number of rotatable bonds is 3. The highest BCUT2D eigenvalue weighted by molar-refractivity contribution is 6.07. The van der Waals surface area contributed by atoms with E-state index < -0.39 is 11.9 Å². The summed E-state index contributed by atoms with van der Waals surface area (Å²) in [7, 11) is 0. The summed E-state index contributed by atoms with van der Waals surface area (Å²) in [5.74, 6) is 0.173. The molecule has 0 aliphatic carbocycles. The van der Waals surface area contributed by atoms with Crippen molar-refractivity contribution in [2.45, 2.75) is 0 Å². The van der Waals surface area contributed by atoms with Crippen molar-refractivity contribution in [1.82, 2.24) is 10.5 Å². The van der Waals surface area contributed by atoms with Crippen molar-refractivity contribution < 1.29 is 14.1 Å². The molecule has 0 unspecified atom stereocenters. The molecule has 4 N–H and O–H groups in total. The van der Waals surface area contributed by atoms with Crippen molar-refractivity contribution in [1.29, 1.82) is 0 Å². The number of carbonyl (C=O) groups is 2. The predicted octanol–water partition coefficient (Wildman–Crippen LogP) is 2.89. The van der Waals surface area contributed by atoms with E-state index in [1.165, 1.54) is 12.1 Å². The molecule has 120 valence electrons. The van der Waals surface area contributed by atoms with E-state index >= 15 is 0 Å². The Morgan fingerprint density at radius 1 is 1.00 bits per heavy atom. The van der Waals surface area contributed by atoms with Gasteiger partial charge in [0.15, 0.2) is 11.6 Å². The van der Waals surface area contributed by atoms with Crippen molar-refractivity contribution in [3.63, 3.8) is 0 Å². The van der Waals surface area contributed by atoms with E-state index in [0.717, 1.165) is 5.56 Å². The Kier molecular flexibility index (Phi) is 4.24. The first-order chi connectivity index (χ1) is 11.6. The monoisotopic (exact) mass is 322 g/mol. The standard InChI is InChI=1S/C17H14N4O3/c18-13-8-6-12(7-9-13)16(22)20-17(23)19-15-10-14(24-21-15)11-4-2-1-3-5-11/h1-10H,18H2,(H2,19,20,21,22,23). The number of aromatic nitrogens is 1. The van der Waals surface area contributed by atoms with Crippen LogP contribution in [0.1, 0.15) is 10.4 Å². The first-order valence-electron chi connectivity index (χ1n) is 7.12. The van der Waals surface area contributed by atoms with E-state index in [1.807, 2.05) is 30.3 Å². The Bertz CT molecular complexity index is 857. The Labute approximate surface area is 137 Å². The SMILES string of the molecule is Nc1ccc(C(=O)NC(=O)Nc2cc(-c3ccccc3)on2)cc1. The van der Waals surface area contributed by atoms with Gasteiger partial charge in [0.1, 0.15) is 0 Å². The number of nitrogen functional groups attached to an aromatic ring is 1. The highest BCUT2D eigenvalue weighted by Gasteiger charge is 2.13. The van der Waals surface area contributed by atoms with E-state index in [1.54, 1.807) is 18.2 Å². The second-order valence-electron chi connectivity index (χ2n) is 4.97. The lowest BCUT2D eigenvalue weighted by molar-refractivity contribution is 0.0967. The lowest BCUT2D eigenvalue weighted by Gasteiger charge is -2.04.